The van der Waals surface area contributed by atoms with Gasteiger partial charge in [0.05, 0.1) is 38.8 Å². The first-order valence-electron chi connectivity index (χ1n) is 8.07. The molecule has 5 heteroatoms. The van der Waals surface area contributed by atoms with Gasteiger partial charge in [0.1, 0.15) is 11.6 Å². The van der Waals surface area contributed by atoms with Gasteiger partial charge in [0.25, 0.3) is 0 Å². The highest BCUT2D eigenvalue weighted by molar-refractivity contribution is 5.72. The Hall–Kier alpha value is -1.62. The van der Waals surface area contributed by atoms with Crippen LogP contribution < -0.4 is 9.64 Å². The molecule has 2 rings (SSSR count). The molecule has 1 aromatic carbocycles. The van der Waals surface area contributed by atoms with Crippen LogP contribution in [0.4, 0.5) is 4.39 Å². The molecule has 1 N–H and O–H groups in total. The third-order valence-corrected chi connectivity index (χ3v) is 4.07. The highest BCUT2D eigenvalue weighted by Gasteiger charge is 2.27. The maximum atomic E-state index is 12.8. The second-order valence-corrected chi connectivity index (χ2v) is 5.68. The summed E-state index contributed by atoms with van der Waals surface area (Å²) >= 11 is 0. The van der Waals surface area contributed by atoms with Gasteiger partial charge in [0.15, 0.2) is 0 Å². The molecule has 0 atom stereocenters. The molecule has 122 valence electrons. The lowest BCUT2D eigenvalue weighted by Crippen LogP contribution is -3.13. The van der Waals surface area contributed by atoms with Gasteiger partial charge in [0.2, 0.25) is 0 Å². The summed E-state index contributed by atoms with van der Waals surface area (Å²) in [5, 5.41) is 0. The van der Waals surface area contributed by atoms with Crippen LogP contribution in [-0.4, -0.2) is 38.8 Å². The van der Waals surface area contributed by atoms with Crippen LogP contribution in [0.5, 0.6) is 5.75 Å². The minimum atomic E-state index is -0.249. The average molecular weight is 310 g/mol. The number of rotatable bonds is 7. The molecule has 22 heavy (non-hydrogen) atoms. The van der Waals surface area contributed by atoms with Crippen molar-refractivity contribution >= 4 is 5.97 Å². The Balaban J connectivity index is 1.59. The quantitative estimate of drug-likeness (QED) is 0.612. The number of esters is 1. The van der Waals surface area contributed by atoms with E-state index in [9.17, 15) is 9.18 Å². The zero-order chi connectivity index (χ0) is 15.8. The van der Waals surface area contributed by atoms with E-state index in [2.05, 4.69) is 0 Å². The number of halogens is 1. The number of likely N-dealkylation sites (tertiary alicyclic amines) is 1. The molecule has 0 spiro atoms. The van der Waals surface area contributed by atoms with Gasteiger partial charge in [-0.05, 0) is 31.2 Å². The predicted octanol–water partition coefficient (Wildman–Crippen LogP) is 1.45. The third kappa shape index (κ3) is 5.30. The molecule has 1 aliphatic rings. The molecule has 1 heterocycles. The highest BCUT2D eigenvalue weighted by Crippen LogP contribution is 2.12. The SMILES string of the molecule is CCOC(=O)C1CC[NH+](CCCOc2ccc(F)cc2)CC1. The summed E-state index contributed by atoms with van der Waals surface area (Å²) < 4.78 is 23.4. The zero-order valence-corrected chi connectivity index (χ0v) is 13.1. The zero-order valence-electron chi connectivity index (χ0n) is 13.1. The van der Waals surface area contributed by atoms with Crippen molar-refractivity contribution in [3.05, 3.63) is 30.1 Å². The summed E-state index contributed by atoms with van der Waals surface area (Å²) in [5.41, 5.74) is 0. The van der Waals surface area contributed by atoms with Crippen molar-refractivity contribution in [2.45, 2.75) is 26.2 Å². The Kier molecular flexibility index (Phi) is 6.65. The van der Waals surface area contributed by atoms with Gasteiger partial charge in [0, 0.05) is 19.3 Å². The van der Waals surface area contributed by atoms with Crippen LogP contribution in [0, 0.1) is 11.7 Å². The summed E-state index contributed by atoms with van der Waals surface area (Å²) in [6, 6.07) is 6.10. The van der Waals surface area contributed by atoms with Crippen molar-refractivity contribution in [1.82, 2.24) is 0 Å². The second-order valence-electron chi connectivity index (χ2n) is 5.68. The largest absolute Gasteiger partial charge is 0.493 e. The van der Waals surface area contributed by atoms with Crippen molar-refractivity contribution in [2.24, 2.45) is 5.92 Å². The molecule has 1 aliphatic heterocycles. The molecule has 1 fully saturated rings. The van der Waals surface area contributed by atoms with E-state index in [1.54, 1.807) is 12.1 Å². The minimum Gasteiger partial charge on any atom is -0.493 e. The predicted molar refractivity (Wildman–Crippen MR) is 81.4 cm³/mol. The van der Waals surface area contributed by atoms with Gasteiger partial charge in [-0.15, -0.1) is 0 Å². The van der Waals surface area contributed by atoms with Gasteiger partial charge in [-0.3, -0.25) is 4.79 Å². The smallest absolute Gasteiger partial charge is 0.309 e. The Morgan fingerprint density at radius 3 is 2.59 bits per heavy atom. The van der Waals surface area contributed by atoms with Gasteiger partial charge in [-0.25, -0.2) is 4.39 Å². The lowest BCUT2D eigenvalue weighted by molar-refractivity contribution is -0.906. The molecule has 0 saturated carbocycles. The van der Waals surface area contributed by atoms with Crippen molar-refractivity contribution in [3.63, 3.8) is 0 Å². The maximum absolute atomic E-state index is 12.8. The number of carbonyl (C=O) groups excluding carboxylic acids is 1. The molecule has 0 radical (unpaired) electrons. The van der Waals surface area contributed by atoms with Crippen LogP contribution in [0.2, 0.25) is 0 Å². The molecule has 4 nitrogen and oxygen atoms in total. The normalized spacial score (nSPS) is 21.4. The molecular weight excluding hydrogens is 285 g/mol. The fraction of sp³-hybridized carbons (Fsp3) is 0.588. The molecule has 0 bridgehead atoms. The summed E-state index contributed by atoms with van der Waals surface area (Å²) in [6.07, 6.45) is 2.77. The number of hydrogen-bond donors (Lipinski definition) is 1. The second kappa shape index (κ2) is 8.73. The number of piperidine rings is 1. The molecule has 0 aromatic heterocycles. The van der Waals surface area contributed by atoms with Crippen LogP contribution in [0.25, 0.3) is 0 Å². The Labute approximate surface area is 131 Å². The number of hydrogen-bond acceptors (Lipinski definition) is 3. The topological polar surface area (TPSA) is 40.0 Å². The van der Waals surface area contributed by atoms with Crippen molar-refractivity contribution in [1.29, 1.82) is 0 Å². The molecule has 1 aromatic rings. The molecule has 0 aliphatic carbocycles. The monoisotopic (exact) mass is 310 g/mol. The van der Waals surface area contributed by atoms with E-state index in [0.717, 1.165) is 38.9 Å². The van der Waals surface area contributed by atoms with Crippen LogP contribution in [0.15, 0.2) is 24.3 Å². The van der Waals surface area contributed by atoms with E-state index < -0.39 is 0 Å². The number of ether oxygens (including phenoxy) is 2. The van der Waals surface area contributed by atoms with E-state index in [4.69, 9.17) is 9.47 Å². The Morgan fingerprint density at radius 1 is 1.27 bits per heavy atom. The number of carbonyl (C=O) groups is 1. The van der Waals surface area contributed by atoms with E-state index in [1.807, 2.05) is 6.92 Å². The lowest BCUT2D eigenvalue weighted by atomic mass is 9.97. The highest BCUT2D eigenvalue weighted by atomic mass is 19.1. The lowest BCUT2D eigenvalue weighted by Gasteiger charge is -2.28. The summed E-state index contributed by atoms with van der Waals surface area (Å²) in [6.45, 7) is 6.01. The van der Waals surface area contributed by atoms with Gasteiger partial charge < -0.3 is 14.4 Å². The van der Waals surface area contributed by atoms with Crippen molar-refractivity contribution in [2.75, 3.05) is 32.8 Å². The third-order valence-electron chi connectivity index (χ3n) is 4.07. The van der Waals surface area contributed by atoms with E-state index in [0.29, 0.717) is 19.0 Å². The standard InChI is InChI=1S/C17H24FNO3/c1-2-21-17(20)14-8-11-19(12-9-14)10-3-13-22-16-6-4-15(18)5-7-16/h4-7,14H,2-3,8-13H2,1H3/p+1. The van der Waals surface area contributed by atoms with Crippen molar-refractivity contribution < 1.29 is 23.6 Å². The first-order chi connectivity index (χ1) is 10.7. The molecule has 0 amide bonds. The van der Waals surface area contributed by atoms with E-state index >= 15 is 0 Å². The fourth-order valence-corrected chi connectivity index (χ4v) is 2.81. The Morgan fingerprint density at radius 2 is 1.95 bits per heavy atom. The maximum Gasteiger partial charge on any atom is 0.309 e. The van der Waals surface area contributed by atoms with Crippen LogP contribution in [0.1, 0.15) is 26.2 Å². The summed E-state index contributed by atoms with van der Waals surface area (Å²) in [7, 11) is 0. The van der Waals surface area contributed by atoms with Crippen LogP contribution in [0.3, 0.4) is 0 Å². The number of quaternary nitrogens is 1. The minimum absolute atomic E-state index is 0.0406. The molecular formula is C17H25FNO3+. The average Bonchev–Trinajstić information content (AvgIpc) is 2.54. The number of benzene rings is 1. The van der Waals surface area contributed by atoms with Crippen LogP contribution in [-0.2, 0) is 9.53 Å². The van der Waals surface area contributed by atoms with Gasteiger partial charge in [-0.1, -0.05) is 0 Å². The summed E-state index contributed by atoms with van der Waals surface area (Å²) in [4.78, 5) is 13.2. The van der Waals surface area contributed by atoms with E-state index in [1.165, 1.54) is 17.0 Å². The number of nitrogens with one attached hydrogen (secondary N) is 1. The molecule has 0 unspecified atom stereocenters. The van der Waals surface area contributed by atoms with Gasteiger partial charge >= 0.3 is 5.97 Å². The van der Waals surface area contributed by atoms with Crippen LogP contribution >= 0.6 is 0 Å². The first-order valence-corrected chi connectivity index (χ1v) is 8.07. The first kappa shape index (κ1) is 16.7. The fourth-order valence-electron chi connectivity index (χ4n) is 2.81. The van der Waals surface area contributed by atoms with Gasteiger partial charge in [-0.2, -0.15) is 0 Å². The molecule has 1 saturated heterocycles. The summed E-state index contributed by atoms with van der Waals surface area (Å²) in [5.74, 6) is 0.499. The van der Waals surface area contributed by atoms with Crippen molar-refractivity contribution in [3.8, 4) is 5.75 Å². The Bertz CT molecular complexity index is 455. The van der Waals surface area contributed by atoms with E-state index in [-0.39, 0.29) is 17.7 Å².